The Balaban J connectivity index is 1.40. The average Bonchev–Trinajstić information content (AvgIpc) is 2.58. The van der Waals surface area contributed by atoms with Crippen LogP contribution in [-0.4, -0.2) is 67.4 Å². The molecule has 2 heterocycles. The van der Waals surface area contributed by atoms with Gasteiger partial charge in [0.2, 0.25) is 0 Å². The number of nitrogens with zero attached hydrogens (tertiary/aromatic N) is 2. The van der Waals surface area contributed by atoms with Gasteiger partial charge in [0.15, 0.2) is 0 Å². The third-order valence-electron chi connectivity index (χ3n) is 5.01. The highest BCUT2D eigenvalue weighted by Gasteiger charge is 2.23. The molecular weight excluding hydrogens is 312 g/mol. The highest BCUT2D eigenvalue weighted by molar-refractivity contribution is 6.30. The first-order valence-corrected chi connectivity index (χ1v) is 9.04. The first-order chi connectivity index (χ1) is 11.2. The monoisotopic (exact) mass is 338 g/mol. The lowest BCUT2D eigenvalue weighted by atomic mass is 9.95. The van der Waals surface area contributed by atoms with Gasteiger partial charge in [0.25, 0.3) is 0 Å². The SMILES string of the molecule is O[C@@H](CN1CCC(CN2CCOCC2)CC1)c1ccc(Cl)cc1. The third-order valence-corrected chi connectivity index (χ3v) is 5.27. The lowest BCUT2D eigenvalue weighted by Gasteiger charge is -2.36. The Hall–Kier alpha value is -0.650. The third kappa shape index (κ3) is 5.16. The first kappa shape index (κ1) is 17.2. The summed E-state index contributed by atoms with van der Waals surface area (Å²) in [6.45, 7) is 8.01. The summed E-state index contributed by atoms with van der Waals surface area (Å²) in [5.74, 6) is 0.789. The molecule has 0 aromatic heterocycles. The van der Waals surface area contributed by atoms with Crippen molar-refractivity contribution in [1.82, 2.24) is 9.80 Å². The maximum Gasteiger partial charge on any atom is 0.0916 e. The Kier molecular flexibility index (Phi) is 6.31. The molecule has 0 amide bonds. The highest BCUT2D eigenvalue weighted by atomic mass is 35.5. The Morgan fingerprint density at radius 1 is 1.04 bits per heavy atom. The predicted octanol–water partition coefficient (Wildman–Crippen LogP) is 2.42. The summed E-state index contributed by atoms with van der Waals surface area (Å²) in [5.41, 5.74) is 0.949. The molecule has 1 atom stereocenters. The van der Waals surface area contributed by atoms with E-state index in [1.54, 1.807) is 0 Å². The minimum Gasteiger partial charge on any atom is -0.387 e. The summed E-state index contributed by atoms with van der Waals surface area (Å²) in [6, 6.07) is 7.51. The van der Waals surface area contributed by atoms with Crippen LogP contribution in [0.4, 0.5) is 0 Å². The van der Waals surface area contributed by atoms with E-state index in [1.165, 1.54) is 19.4 Å². The number of hydrogen-bond acceptors (Lipinski definition) is 4. The van der Waals surface area contributed by atoms with E-state index < -0.39 is 6.10 Å². The van der Waals surface area contributed by atoms with Crippen LogP contribution < -0.4 is 0 Å². The van der Waals surface area contributed by atoms with E-state index in [0.29, 0.717) is 11.6 Å². The average molecular weight is 339 g/mol. The van der Waals surface area contributed by atoms with Crippen LogP contribution in [0.3, 0.4) is 0 Å². The standard InChI is InChI=1S/C18H27ClN2O2/c19-17-3-1-16(2-4-17)18(22)14-20-7-5-15(6-8-20)13-21-9-11-23-12-10-21/h1-4,15,18,22H,5-14H2/t18-/m0/s1. The maximum absolute atomic E-state index is 10.4. The van der Waals surface area contributed by atoms with Gasteiger partial charge in [0.1, 0.15) is 0 Å². The van der Waals surface area contributed by atoms with Gasteiger partial charge in [-0.25, -0.2) is 0 Å². The van der Waals surface area contributed by atoms with E-state index in [1.807, 2.05) is 24.3 Å². The molecular formula is C18H27ClN2O2. The number of β-amino-alcohol motifs (C(OH)–C–C–N with tert-alkyl or cyclic N) is 1. The lowest BCUT2D eigenvalue weighted by molar-refractivity contribution is 0.0217. The second-order valence-electron chi connectivity index (χ2n) is 6.72. The van der Waals surface area contributed by atoms with Gasteiger partial charge in [-0.05, 0) is 49.5 Å². The molecule has 0 spiro atoms. The van der Waals surface area contributed by atoms with E-state index in [-0.39, 0.29) is 0 Å². The largest absolute Gasteiger partial charge is 0.387 e. The summed E-state index contributed by atoms with van der Waals surface area (Å²) < 4.78 is 5.41. The summed E-state index contributed by atoms with van der Waals surface area (Å²) in [6.07, 6.45) is 2.03. The molecule has 128 valence electrons. The summed E-state index contributed by atoms with van der Waals surface area (Å²) in [7, 11) is 0. The predicted molar refractivity (Wildman–Crippen MR) is 92.8 cm³/mol. The molecule has 5 heteroatoms. The maximum atomic E-state index is 10.4. The number of halogens is 1. The zero-order valence-electron chi connectivity index (χ0n) is 13.7. The molecule has 4 nitrogen and oxygen atoms in total. The van der Waals surface area contributed by atoms with Crippen molar-refractivity contribution in [2.75, 3.05) is 52.5 Å². The fourth-order valence-electron chi connectivity index (χ4n) is 3.54. The molecule has 2 aliphatic rings. The number of rotatable bonds is 5. The number of benzene rings is 1. The van der Waals surface area contributed by atoms with Crippen LogP contribution in [0.2, 0.25) is 5.02 Å². The van der Waals surface area contributed by atoms with E-state index in [9.17, 15) is 5.11 Å². The van der Waals surface area contributed by atoms with Gasteiger partial charge >= 0.3 is 0 Å². The minimum absolute atomic E-state index is 0.428. The number of aliphatic hydroxyl groups is 1. The van der Waals surface area contributed by atoms with Crippen molar-refractivity contribution >= 4 is 11.6 Å². The van der Waals surface area contributed by atoms with E-state index in [0.717, 1.165) is 50.9 Å². The lowest BCUT2D eigenvalue weighted by Crippen LogP contribution is -2.43. The molecule has 1 aromatic carbocycles. The number of piperidine rings is 1. The summed E-state index contributed by atoms with van der Waals surface area (Å²) in [5, 5.41) is 11.1. The Morgan fingerprint density at radius 3 is 2.35 bits per heavy atom. The summed E-state index contributed by atoms with van der Waals surface area (Å²) in [4.78, 5) is 4.92. The quantitative estimate of drug-likeness (QED) is 0.894. The molecule has 2 saturated heterocycles. The van der Waals surface area contributed by atoms with Gasteiger partial charge < -0.3 is 14.7 Å². The minimum atomic E-state index is -0.428. The topological polar surface area (TPSA) is 35.9 Å². The number of hydrogen-bond donors (Lipinski definition) is 1. The zero-order valence-corrected chi connectivity index (χ0v) is 14.4. The fourth-order valence-corrected chi connectivity index (χ4v) is 3.66. The van der Waals surface area contributed by atoms with Crippen LogP contribution in [0.5, 0.6) is 0 Å². The Bertz CT molecular complexity index is 468. The van der Waals surface area contributed by atoms with Gasteiger partial charge in [-0.3, -0.25) is 4.90 Å². The van der Waals surface area contributed by atoms with Crippen LogP contribution in [0.25, 0.3) is 0 Å². The molecule has 1 aromatic rings. The molecule has 3 rings (SSSR count). The smallest absolute Gasteiger partial charge is 0.0916 e. The van der Waals surface area contributed by atoms with Crippen LogP contribution in [-0.2, 0) is 4.74 Å². The number of aliphatic hydroxyl groups excluding tert-OH is 1. The Labute approximate surface area is 144 Å². The molecule has 0 unspecified atom stereocenters. The van der Waals surface area contributed by atoms with Crippen LogP contribution in [0.1, 0.15) is 24.5 Å². The van der Waals surface area contributed by atoms with Crippen molar-refractivity contribution in [3.05, 3.63) is 34.9 Å². The van der Waals surface area contributed by atoms with Crippen molar-refractivity contribution in [1.29, 1.82) is 0 Å². The number of likely N-dealkylation sites (tertiary alicyclic amines) is 1. The van der Waals surface area contributed by atoms with Crippen molar-refractivity contribution in [3.8, 4) is 0 Å². The van der Waals surface area contributed by atoms with Crippen molar-refractivity contribution < 1.29 is 9.84 Å². The number of morpholine rings is 1. The van der Waals surface area contributed by atoms with E-state index in [2.05, 4.69) is 9.80 Å². The molecule has 23 heavy (non-hydrogen) atoms. The van der Waals surface area contributed by atoms with Gasteiger partial charge in [-0.1, -0.05) is 23.7 Å². The zero-order chi connectivity index (χ0) is 16.1. The fraction of sp³-hybridized carbons (Fsp3) is 0.667. The van der Waals surface area contributed by atoms with E-state index >= 15 is 0 Å². The molecule has 0 saturated carbocycles. The summed E-state index contributed by atoms with van der Waals surface area (Å²) >= 11 is 5.90. The van der Waals surface area contributed by atoms with Gasteiger partial charge in [-0.2, -0.15) is 0 Å². The van der Waals surface area contributed by atoms with Crippen molar-refractivity contribution in [2.45, 2.75) is 18.9 Å². The van der Waals surface area contributed by atoms with Crippen LogP contribution in [0, 0.1) is 5.92 Å². The van der Waals surface area contributed by atoms with Gasteiger partial charge in [0, 0.05) is 31.2 Å². The molecule has 1 N–H and O–H groups in total. The second-order valence-corrected chi connectivity index (χ2v) is 7.16. The molecule has 2 aliphatic heterocycles. The number of ether oxygens (including phenoxy) is 1. The molecule has 0 radical (unpaired) electrons. The van der Waals surface area contributed by atoms with Crippen LogP contribution in [0.15, 0.2) is 24.3 Å². The van der Waals surface area contributed by atoms with Gasteiger partial charge in [0.05, 0.1) is 19.3 Å². The van der Waals surface area contributed by atoms with Gasteiger partial charge in [-0.15, -0.1) is 0 Å². The van der Waals surface area contributed by atoms with E-state index in [4.69, 9.17) is 16.3 Å². The molecule has 0 bridgehead atoms. The second kappa shape index (κ2) is 8.45. The van der Waals surface area contributed by atoms with Crippen molar-refractivity contribution in [2.24, 2.45) is 5.92 Å². The molecule has 0 aliphatic carbocycles. The van der Waals surface area contributed by atoms with Crippen molar-refractivity contribution in [3.63, 3.8) is 0 Å². The Morgan fingerprint density at radius 2 is 1.70 bits per heavy atom. The first-order valence-electron chi connectivity index (χ1n) is 8.66. The van der Waals surface area contributed by atoms with Crippen LogP contribution >= 0.6 is 11.6 Å². The molecule has 2 fully saturated rings. The normalized spacial score (nSPS) is 23.0. The highest BCUT2D eigenvalue weighted by Crippen LogP contribution is 2.22.